The van der Waals surface area contributed by atoms with Crippen molar-refractivity contribution in [2.24, 2.45) is 0 Å². The molecule has 4 rings (SSSR count). The number of nitrogens with one attached hydrogen (secondary N) is 1. The van der Waals surface area contributed by atoms with Crippen LogP contribution in [0.2, 0.25) is 0 Å². The molecular weight excluding hydrogens is 357 g/mol. The third kappa shape index (κ3) is 3.39. The molecule has 0 aliphatic heterocycles. The third-order valence-electron chi connectivity index (χ3n) is 4.80. The zero-order valence-electron chi connectivity index (χ0n) is 14.3. The predicted molar refractivity (Wildman–Crippen MR) is 93.1 cm³/mol. The summed E-state index contributed by atoms with van der Waals surface area (Å²) in [4.78, 5) is 17.0. The van der Waals surface area contributed by atoms with Crippen molar-refractivity contribution in [2.75, 3.05) is 0 Å². The summed E-state index contributed by atoms with van der Waals surface area (Å²) in [6.07, 6.45) is 2.38. The van der Waals surface area contributed by atoms with Crippen molar-refractivity contribution in [1.82, 2.24) is 19.9 Å². The molecule has 0 bridgehead atoms. The molecule has 5 nitrogen and oxygen atoms in total. The Kier molecular flexibility index (Phi) is 4.55. The predicted octanol–water partition coefficient (Wildman–Crippen LogP) is 4.15. The van der Waals surface area contributed by atoms with Gasteiger partial charge in [-0.25, -0.2) is 22.7 Å². The minimum atomic E-state index is -2.81. The van der Waals surface area contributed by atoms with Crippen molar-refractivity contribution in [3.63, 3.8) is 0 Å². The zero-order chi connectivity index (χ0) is 19.0. The fourth-order valence-electron chi connectivity index (χ4n) is 3.40. The standard InChI is InChI=1S/C19H17F3N4O/c20-12-7-5-11(6-8-12)15-9-16(17(21)22)26-18(25-15)14(10-23-26)19(27)24-13-3-1-2-4-13/h5-10,13,17H,1-4H2,(H,24,27). The van der Waals surface area contributed by atoms with Crippen molar-refractivity contribution >= 4 is 11.6 Å². The summed E-state index contributed by atoms with van der Waals surface area (Å²) in [7, 11) is 0. The largest absolute Gasteiger partial charge is 0.349 e. The van der Waals surface area contributed by atoms with E-state index in [4.69, 9.17) is 0 Å². The Labute approximate surface area is 153 Å². The highest BCUT2D eigenvalue weighted by molar-refractivity contribution is 6.00. The SMILES string of the molecule is O=C(NC1CCCC1)c1cnn2c(C(F)F)cc(-c3ccc(F)cc3)nc12. The quantitative estimate of drug-likeness (QED) is 0.747. The molecule has 1 N–H and O–H groups in total. The number of aromatic nitrogens is 3. The molecule has 2 heterocycles. The number of benzene rings is 1. The Hall–Kier alpha value is -2.90. The lowest BCUT2D eigenvalue weighted by atomic mass is 10.1. The lowest BCUT2D eigenvalue weighted by molar-refractivity contribution is 0.0939. The van der Waals surface area contributed by atoms with Crippen molar-refractivity contribution in [3.05, 3.63) is 53.6 Å². The van der Waals surface area contributed by atoms with Gasteiger partial charge < -0.3 is 5.32 Å². The molecule has 1 aliphatic carbocycles. The van der Waals surface area contributed by atoms with Crippen molar-refractivity contribution in [3.8, 4) is 11.3 Å². The number of hydrogen-bond donors (Lipinski definition) is 1. The van der Waals surface area contributed by atoms with Gasteiger partial charge in [0.1, 0.15) is 17.1 Å². The molecule has 1 amide bonds. The van der Waals surface area contributed by atoms with E-state index >= 15 is 0 Å². The minimum absolute atomic E-state index is 0.0580. The van der Waals surface area contributed by atoms with Crippen LogP contribution in [0.3, 0.4) is 0 Å². The molecule has 0 atom stereocenters. The molecule has 3 aromatic rings. The zero-order valence-corrected chi connectivity index (χ0v) is 14.3. The fraction of sp³-hybridized carbons (Fsp3) is 0.316. The van der Waals surface area contributed by atoms with Crippen LogP contribution in [0, 0.1) is 5.82 Å². The summed E-state index contributed by atoms with van der Waals surface area (Å²) < 4.78 is 41.2. The number of hydrogen-bond acceptors (Lipinski definition) is 3. The van der Waals surface area contributed by atoms with Crippen LogP contribution in [0.4, 0.5) is 13.2 Å². The molecule has 0 unspecified atom stereocenters. The van der Waals surface area contributed by atoms with Gasteiger partial charge in [-0.3, -0.25) is 4.79 Å². The van der Waals surface area contributed by atoms with Crippen molar-refractivity contribution in [1.29, 1.82) is 0 Å². The van der Waals surface area contributed by atoms with Gasteiger partial charge in [-0.15, -0.1) is 0 Å². The van der Waals surface area contributed by atoms with Crippen LogP contribution in [-0.2, 0) is 0 Å². The van der Waals surface area contributed by atoms with E-state index in [0.29, 0.717) is 5.56 Å². The lowest BCUT2D eigenvalue weighted by Crippen LogP contribution is -2.32. The molecule has 1 aliphatic rings. The topological polar surface area (TPSA) is 59.3 Å². The molecule has 0 saturated heterocycles. The summed E-state index contributed by atoms with van der Waals surface area (Å²) in [5, 5.41) is 6.86. The van der Waals surface area contributed by atoms with Gasteiger partial charge in [0.25, 0.3) is 12.3 Å². The highest BCUT2D eigenvalue weighted by Crippen LogP contribution is 2.27. The van der Waals surface area contributed by atoms with Crippen LogP contribution >= 0.6 is 0 Å². The van der Waals surface area contributed by atoms with Crippen LogP contribution < -0.4 is 5.32 Å². The van der Waals surface area contributed by atoms with Crippen LogP contribution in [0.25, 0.3) is 16.9 Å². The fourth-order valence-corrected chi connectivity index (χ4v) is 3.40. The Morgan fingerprint density at radius 2 is 1.89 bits per heavy atom. The van der Waals surface area contributed by atoms with E-state index in [0.717, 1.165) is 30.2 Å². The average Bonchev–Trinajstić information content (AvgIpc) is 3.30. The van der Waals surface area contributed by atoms with Crippen molar-refractivity contribution in [2.45, 2.75) is 38.2 Å². The Morgan fingerprint density at radius 3 is 2.56 bits per heavy atom. The van der Waals surface area contributed by atoms with E-state index in [9.17, 15) is 18.0 Å². The summed E-state index contributed by atoms with van der Waals surface area (Å²) >= 11 is 0. The summed E-state index contributed by atoms with van der Waals surface area (Å²) in [5.41, 5.74) is 0.534. The molecule has 0 radical (unpaired) electrons. The maximum Gasteiger partial charge on any atom is 0.280 e. The minimum Gasteiger partial charge on any atom is -0.349 e. The Bertz CT molecular complexity index is 979. The van der Waals surface area contributed by atoms with E-state index in [1.54, 1.807) is 0 Å². The van der Waals surface area contributed by atoms with Gasteiger partial charge in [0, 0.05) is 11.6 Å². The van der Waals surface area contributed by atoms with E-state index in [-0.39, 0.29) is 34.5 Å². The number of halogens is 3. The number of nitrogens with zero attached hydrogens (tertiary/aromatic N) is 3. The molecule has 27 heavy (non-hydrogen) atoms. The second kappa shape index (κ2) is 7.02. The van der Waals surface area contributed by atoms with Crippen LogP contribution in [0.1, 0.15) is 48.2 Å². The maximum absolute atomic E-state index is 13.5. The monoisotopic (exact) mass is 374 g/mol. The second-order valence-corrected chi connectivity index (χ2v) is 6.62. The van der Waals surface area contributed by atoms with Crippen LogP contribution in [0.5, 0.6) is 0 Å². The first-order valence-corrected chi connectivity index (χ1v) is 8.76. The Morgan fingerprint density at radius 1 is 1.19 bits per heavy atom. The van der Waals surface area contributed by atoms with Gasteiger partial charge >= 0.3 is 0 Å². The van der Waals surface area contributed by atoms with Gasteiger partial charge in [-0.1, -0.05) is 12.8 Å². The van der Waals surface area contributed by atoms with Crippen molar-refractivity contribution < 1.29 is 18.0 Å². The van der Waals surface area contributed by atoms with Crippen LogP contribution in [0.15, 0.2) is 36.5 Å². The second-order valence-electron chi connectivity index (χ2n) is 6.62. The molecule has 2 aromatic heterocycles. The number of carbonyl (C=O) groups is 1. The van der Waals surface area contributed by atoms with E-state index in [1.165, 1.54) is 36.5 Å². The van der Waals surface area contributed by atoms with Gasteiger partial charge in [-0.05, 0) is 43.2 Å². The lowest BCUT2D eigenvalue weighted by Gasteiger charge is -2.11. The molecule has 8 heteroatoms. The average molecular weight is 374 g/mol. The van der Waals surface area contributed by atoms with Gasteiger partial charge in [-0.2, -0.15) is 5.10 Å². The van der Waals surface area contributed by atoms with E-state index in [2.05, 4.69) is 15.4 Å². The maximum atomic E-state index is 13.5. The summed E-state index contributed by atoms with van der Waals surface area (Å²) in [6.45, 7) is 0. The van der Waals surface area contributed by atoms with Gasteiger partial charge in [0.15, 0.2) is 5.65 Å². The van der Waals surface area contributed by atoms with E-state index < -0.39 is 12.2 Å². The molecule has 1 fully saturated rings. The van der Waals surface area contributed by atoms with Gasteiger partial charge in [0.05, 0.1) is 11.9 Å². The van der Waals surface area contributed by atoms with E-state index in [1.807, 2.05) is 0 Å². The molecule has 0 spiro atoms. The molecule has 1 aromatic carbocycles. The first-order chi connectivity index (χ1) is 13.0. The molecule has 140 valence electrons. The molecule has 1 saturated carbocycles. The smallest absolute Gasteiger partial charge is 0.280 e. The number of amides is 1. The number of alkyl halides is 2. The highest BCUT2D eigenvalue weighted by atomic mass is 19.3. The third-order valence-corrected chi connectivity index (χ3v) is 4.80. The highest BCUT2D eigenvalue weighted by Gasteiger charge is 2.24. The number of fused-ring (bicyclic) bond motifs is 1. The van der Waals surface area contributed by atoms with Crippen LogP contribution in [-0.4, -0.2) is 26.5 Å². The number of carbonyl (C=O) groups excluding carboxylic acids is 1. The molecular formula is C19H17F3N4O. The van der Waals surface area contributed by atoms with Gasteiger partial charge in [0.2, 0.25) is 0 Å². The first-order valence-electron chi connectivity index (χ1n) is 8.76. The number of rotatable bonds is 4. The first kappa shape index (κ1) is 17.5. The Balaban J connectivity index is 1.79. The summed E-state index contributed by atoms with van der Waals surface area (Å²) in [6, 6.07) is 6.66. The normalized spacial score (nSPS) is 15.0. The summed E-state index contributed by atoms with van der Waals surface area (Å²) in [5.74, 6) is -0.809.